The number of carbonyl (C=O) groups excluding carboxylic acids is 2. The summed E-state index contributed by atoms with van der Waals surface area (Å²) in [5.74, 6) is -0.505. The van der Waals surface area contributed by atoms with Crippen LogP contribution in [0.4, 0.5) is 0 Å². The Morgan fingerprint density at radius 3 is 2.38 bits per heavy atom. The summed E-state index contributed by atoms with van der Waals surface area (Å²) >= 11 is 0. The summed E-state index contributed by atoms with van der Waals surface area (Å²) in [7, 11) is 1.53. The fourth-order valence-corrected chi connectivity index (χ4v) is 3.20. The van der Waals surface area contributed by atoms with E-state index in [1.54, 1.807) is 6.08 Å². The quantitative estimate of drug-likeness (QED) is 0.681. The summed E-state index contributed by atoms with van der Waals surface area (Å²) in [6, 6.07) is 19.0. The maximum absolute atomic E-state index is 12.9. The van der Waals surface area contributed by atoms with Crippen molar-refractivity contribution < 1.29 is 9.59 Å². The summed E-state index contributed by atoms with van der Waals surface area (Å²) < 4.78 is 1.94. The molecule has 1 aromatic heterocycles. The zero-order valence-corrected chi connectivity index (χ0v) is 13.2. The smallest absolute Gasteiger partial charge is 0.256 e. The second-order valence-electron chi connectivity index (χ2n) is 5.89. The summed E-state index contributed by atoms with van der Waals surface area (Å²) in [6.07, 6.45) is 3.48. The van der Waals surface area contributed by atoms with Crippen LogP contribution < -0.4 is 0 Å². The first-order valence-electron chi connectivity index (χ1n) is 7.81. The number of rotatable bonds is 2. The van der Waals surface area contributed by atoms with Gasteiger partial charge in [0.2, 0.25) is 0 Å². The zero-order chi connectivity index (χ0) is 16.7. The number of imide groups is 1. The Hall–Kier alpha value is -3.14. The van der Waals surface area contributed by atoms with E-state index in [1.807, 2.05) is 71.4 Å². The van der Waals surface area contributed by atoms with Gasteiger partial charge in [0.15, 0.2) is 0 Å². The Labute approximate surface area is 139 Å². The molecule has 0 fully saturated rings. The third-order valence-electron chi connectivity index (χ3n) is 4.48. The number of para-hydroxylation sites is 1. The Morgan fingerprint density at radius 2 is 1.58 bits per heavy atom. The van der Waals surface area contributed by atoms with E-state index in [0.717, 1.165) is 22.0 Å². The van der Waals surface area contributed by atoms with Crippen molar-refractivity contribution in [2.24, 2.45) is 0 Å². The highest BCUT2D eigenvalue weighted by Gasteiger charge is 2.35. The van der Waals surface area contributed by atoms with Crippen molar-refractivity contribution in [3.8, 4) is 0 Å². The van der Waals surface area contributed by atoms with Crippen LogP contribution in [0, 0.1) is 0 Å². The third kappa shape index (κ3) is 2.15. The number of benzene rings is 2. The molecule has 1 unspecified atom stereocenters. The average molecular weight is 316 g/mol. The standard InChI is InChI=1S/C20H16N2O2/c1-21-18(23)13-16(14-7-3-2-4-8-14)19(20(21)24)22-12-11-15-9-5-6-10-17(15)22/h2-13,19H,1H3. The molecular weight excluding hydrogens is 300 g/mol. The summed E-state index contributed by atoms with van der Waals surface area (Å²) in [5, 5.41) is 1.07. The van der Waals surface area contributed by atoms with E-state index in [-0.39, 0.29) is 11.8 Å². The first-order chi connectivity index (χ1) is 11.7. The fourth-order valence-electron chi connectivity index (χ4n) is 3.20. The molecule has 2 aromatic carbocycles. The van der Waals surface area contributed by atoms with Crippen LogP contribution in [0.25, 0.3) is 16.5 Å². The van der Waals surface area contributed by atoms with E-state index in [2.05, 4.69) is 0 Å². The van der Waals surface area contributed by atoms with Gasteiger partial charge in [0.05, 0.1) is 0 Å². The van der Waals surface area contributed by atoms with Crippen LogP contribution in [0.1, 0.15) is 11.6 Å². The minimum absolute atomic E-state index is 0.220. The van der Waals surface area contributed by atoms with Crippen LogP contribution in [0.5, 0.6) is 0 Å². The van der Waals surface area contributed by atoms with Crippen molar-refractivity contribution in [1.82, 2.24) is 9.47 Å². The van der Waals surface area contributed by atoms with Gasteiger partial charge in [0.25, 0.3) is 11.8 Å². The van der Waals surface area contributed by atoms with E-state index in [0.29, 0.717) is 0 Å². The molecule has 0 saturated heterocycles. The van der Waals surface area contributed by atoms with Crippen LogP contribution in [-0.2, 0) is 9.59 Å². The predicted octanol–water partition coefficient (Wildman–Crippen LogP) is 3.26. The lowest BCUT2D eigenvalue weighted by atomic mass is 9.93. The van der Waals surface area contributed by atoms with Gasteiger partial charge in [0, 0.05) is 24.8 Å². The molecule has 0 N–H and O–H groups in total. The number of nitrogens with zero attached hydrogens (tertiary/aromatic N) is 2. The van der Waals surface area contributed by atoms with Crippen molar-refractivity contribution in [3.63, 3.8) is 0 Å². The molecule has 4 heteroatoms. The highest BCUT2D eigenvalue weighted by atomic mass is 16.2. The SMILES string of the molecule is CN1C(=O)C=C(c2ccccc2)C(n2ccc3ccccc32)C1=O. The number of carbonyl (C=O) groups is 2. The van der Waals surface area contributed by atoms with E-state index in [9.17, 15) is 9.59 Å². The third-order valence-corrected chi connectivity index (χ3v) is 4.48. The molecule has 4 rings (SSSR count). The number of likely N-dealkylation sites (N-methyl/N-ethyl adjacent to an activating group) is 1. The zero-order valence-electron chi connectivity index (χ0n) is 13.2. The minimum Gasteiger partial charge on any atom is -0.331 e. The normalized spacial score (nSPS) is 18.1. The monoisotopic (exact) mass is 316 g/mol. The van der Waals surface area contributed by atoms with E-state index in [1.165, 1.54) is 11.9 Å². The molecule has 24 heavy (non-hydrogen) atoms. The van der Waals surface area contributed by atoms with E-state index >= 15 is 0 Å². The van der Waals surface area contributed by atoms with E-state index < -0.39 is 6.04 Å². The maximum Gasteiger partial charge on any atom is 0.256 e. The number of aromatic nitrogens is 1. The number of hydrogen-bond donors (Lipinski definition) is 0. The molecule has 1 atom stereocenters. The lowest BCUT2D eigenvalue weighted by molar-refractivity contribution is -0.142. The molecule has 4 nitrogen and oxygen atoms in total. The van der Waals surface area contributed by atoms with Crippen LogP contribution in [0.15, 0.2) is 72.9 Å². The lowest BCUT2D eigenvalue weighted by Gasteiger charge is -2.30. The molecular formula is C20H16N2O2. The van der Waals surface area contributed by atoms with Crippen molar-refractivity contribution in [1.29, 1.82) is 0 Å². The van der Waals surface area contributed by atoms with Crippen molar-refractivity contribution >= 4 is 28.3 Å². The average Bonchev–Trinajstić information content (AvgIpc) is 3.04. The van der Waals surface area contributed by atoms with E-state index in [4.69, 9.17) is 0 Å². The molecule has 0 saturated carbocycles. The second-order valence-corrected chi connectivity index (χ2v) is 5.89. The Morgan fingerprint density at radius 1 is 0.875 bits per heavy atom. The fraction of sp³-hybridized carbons (Fsp3) is 0.100. The summed E-state index contributed by atoms with van der Waals surface area (Å²) in [6.45, 7) is 0. The molecule has 0 radical (unpaired) electrons. The van der Waals surface area contributed by atoms with Gasteiger partial charge < -0.3 is 4.57 Å². The highest BCUT2D eigenvalue weighted by Crippen LogP contribution is 2.35. The van der Waals surface area contributed by atoms with Gasteiger partial charge in [-0.1, -0.05) is 48.5 Å². The van der Waals surface area contributed by atoms with Crippen LogP contribution in [0.2, 0.25) is 0 Å². The first-order valence-corrected chi connectivity index (χ1v) is 7.81. The number of hydrogen-bond acceptors (Lipinski definition) is 2. The van der Waals surface area contributed by atoms with Crippen molar-refractivity contribution in [3.05, 3.63) is 78.5 Å². The lowest BCUT2D eigenvalue weighted by Crippen LogP contribution is -2.42. The first kappa shape index (κ1) is 14.5. The molecule has 2 amide bonds. The van der Waals surface area contributed by atoms with Crippen LogP contribution in [-0.4, -0.2) is 28.3 Å². The molecule has 1 aliphatic rings. The predicted molar refractivity (Wildman–Crippen MR) is 93.2 cm³/mol. The molecule has 0 bridgehead atoms. The van der Waals surface area contributed by atoms with Gasteiger partial charge in [-0.05, 0) is 28.7 Å². The second kappa shape index (κ2) is 5.49. The maximum atomic E-state index is 12.9. The minimum atomic E-state index is -0.546. The van der Waals surface area contributed by atoms with Crippen LogP contribution in [0.3, 0.4) is 0 Å². The van der Waals surface area contributed by atoms with Gasteiger partial charge in [-0.25, -0.2) is 0 Å². The topological polar surface area (TPSA) is 42.3 Å². The Balaban J connectivity index is 1.94. The van der Waals surface area contributed by atoms with Crippen molar-refractivity contribution in [2.75, 3.05) is 7.05 Å². The van der Waals surface area contributed by atoms with Gasteiger partial charge in [-0.15, -0.1) is 0 Å². The van der Waals surface area contributed by atoms with Gasteiger partial charge in [-0.2, -0.15) is 0 Å². The van der Waals surface area contributed by atoms with Crippen LogP contribution >= 0.6 is 0 Å². The molecule has 1 aliphatic heterocycles. The molecule has 2 heterocycles. The molecule has 3 aromatic rings. The number of fused-ring (bicyclic) bond motifs is 1. The highest BCUT2D eigenvalue weighted by molar-refractivity contribution is 6.14. The summed E-state index contributed by atoms with van der Waals surface area (Å²) in [4.78, 5) is 26.3. The Bertz CT molecular complexity index is 969. The molecule has 118 valence electrons. The number of amides is 2. The van der Waals surface area contributed by atoms with Crippen molar-refractivity contribution in [2.45, 2.75) is 6.04 Å². The molecule has 0 spiro atoms. The van der Waals surface area contributed by atoms with Gasteiger partial charge in [0.1, 0.15) is 6.04 Å². The van der Waals surface area contributed by atoms with Gasteiger partial charge in [-0.3, -0.25) is 14.5 Å². The molecule has 0 aliphatic carbocycles. The van der Waals surface area contributed by atoms with Gasteiger partial charge >= 0.3 is 0 Å². The largest absolute Gasteiger partial charge is 0.331 e. The Kier molecular flexibility index (Phi) is 3.31. The summed E-state index contributed by atoms with van der Waals surface area (Å²) in [5.41, 5.74) is 2.58.